The van der Waals surface area contributed by atoms with Crippen molar-refractivity contribution < 1.29 is 28.2 Å². The summed E-state index contributed by atoms with van der Waals surface area (Å²) in [6.07, 6.45) is 2.49. The Morgan fingerprint density at radius 2 is 1.85 bits per heavy atom. The van der Waals surface area contributed by atoms with Gasteiger partial charge in [0.05, 0.1) is 5.69 Å². The Morgan fingerprint density at radius 1 is 1.15 bits per heavy atom. The lowest BCUT2D eigenvalue weighted by molar-refractivity contribution is -0.192. The standard InChI is InChI=1S/C22H25BrN2O.C2HF3O2/c23-15-4-6-16(7-5-15)25-20-12-14-11-19-17-3-1-2-8-22(17,9-10-24-19)18(14)13-21(20)26;3-2(4,5)1(6)7/h4-7,12-13,17,19,24-26H,1-3,8-11H2;(H,6,7)/t17-,19+,22+;/m1./s1. The number of alkyl halides is 3. The van der Waals surface area contributed by atoms with Crippen LogP contribution >= 0.6 is 15.9 Å². The third kappa shape index (κ3) is 4.84. The van der Waals surface area contributed by atoms with Gasteiger partial charge in [-0.1, -0.05) is 28.8 Å². The van der Waals surface area contributed by atoms with Gasteiger partial charge in [-0.05, 0) is 85.7 Å². The van der Waals surface area contributed by atoms with Crippen molar-refractivity contribution in [1.29, 1.82) is 0 Å². The smallest absolute Gasteiger partial charge is 0.490 e. The minimum Gasteiger partial charge on any atom is -0.506 e. The zero-order chi connectivity index (χ0) is 23.8. The lowest BCUT2D eigenvalue weighted by Crippen LogP contribution is -2.59. The summed E-state index contributed by atoms with van der Waals surface area (Å²) >= 11 is 3.47. The van der Waals surface area contributed by atoms with E-state index in [0.717, 1.165) is 34.7 Å². The van der Waals surface area contributed by atoms with E-state index >= 15 is 0 Å². The molecule has 2 fully saturated rings. The number of hydrogen-bond acceptors (Lipinski definition) is 4. The van der Waals surface area contributed by atoms with Crippen molar-refractivity contribution in [3.05, 3.63) is 52.0 Å². The van der Waals surface area contributed by atoms with Gasteiger partial charge in [-0.15, -0.1) is 0 Å². The number of fused-ring (bicyclic) bond motifs is 1. The van der Waals surface area contributed by atoms with Crippen molar-refractivity contribution in [1.82, 2.24) is 5.32 Å². The molecule has 0 aromatic heterocycles. The monoisotopic (exact) mass is 526 g/mol. The van der Waals surface area contributed by atoms with Crippen LogP contribution in [0.5, 0.6) is 5.75 Å². The number of halogens is 4. The second-order valence-corrected chi connectivity index (χ2v) is 9.90. The Balaban J connectivity index is 0.000000325. The molecule has 2 bridgehead atoms. The Morgan fingerprint density at radius 3 is 2.52 bits per heavy atom. The van der Waals surface area contributed by atoms with E-state index in [1.807, 2.05) is 24.3 Å². The first-order valence-electron chi connectivity index (χ1n) is 11.0. The van der Waals surface area contributed by atoms with Crippen LogP contribution in [-0.4, -0.2) is 34.9 Å². The van der Waals surface area contributed by atoms with Crippen LogP contribution in [0.2, 0.25) is 0 Å². The molecule has 0 amide bonds. The summed E-state index contributed by atoms with van der Waals surface area (Å²) in [4.78, 5) is 8.90. The molecular formula is C24H26BrF3N2O3. The lowest BCUT2D eigenvalue weighted by atomic mass is 9.53. The number of phenols is 1. The number of phenolic OH excluding ortho intramolecular Hbond substituents is 1. The molecule has 2 aliphatic carbocycles. The van der Waals surface area contributed by atoms with E-state index in [2.05, 4.69) is 38.7 Å². The molecule has 1 saturated heterocycles. The van der Waals surface area contributed by atoms with Crippen molar-refractivity contribution in [2.24, 2.45) is 5.92 Å². The van der Waals surface area contributed by atoms with Crippen LogP contribution in [0.15, 0.2) is 40.9 Å². The molecule has 178 valence electrons. The minimum absolute atomic E-state index is 0.287. The van der Waals surface area contributed by atoms with Gasteiger partial charge >= 0.3 is 12.1 Å². The number of anilines is 2. The highest BCUT2D eigenvalue weighted by molar-refractivity contribution is 9.10. The predicted octanol–water partition coefficient (Wildman–Crippen LogP) is 5.88. The van der Waals surface area contributed by atoms with E-state index in [1.165, 1.54) is 43.2 Å². The van der Waals surface area contributed by atoms with Gasteiger partial charge in [-0.25, -0.2) is 4.79 Å². The van der Waals surface area contributed by atoms with Gasteiger partial charge in [0.25, 0.3) is 0 Å². The van der Waals surface area contributed by atoms with Crippen LogP contribution < -0.4 is 10.6 Å². The van der Waals surface area contributed by atoms with Gasteiger partial charge in [0.1, 0.15) is 5.75 Å². The normalized spacial score (nSPS) is 25.7. The first kappa shape index (κ1) is 23.9. The molecule has 1 saturated carbocycles. The fourth-order valence-corrected chi connectivity index (χ4v) is 6.03. The lowest BCUT2D eigenvalue weighted by Gasteiger charge is -2.56. The van der Waals surface area contributed by atoms with Crippen LogP contribution in [-0.2, 0) is 16.6 Å². The maximum Gasteiger partial charge on any atom is 0.490 e. The second kappa shape index (κ2) is 9.18. The number of aromatic hydroxyl groups is 1. The number of carbonyl (C=O) groups is 1. The number of hydrogen-bond donors (Lipinski definition) is 4. The van der Waals surface area contributed by atoms with Crippen LogP contribution in [0.25, 0.3) is 0 Å². The number of benzene rings is 2. The average Bonchev–Trinajstić information content (AvgIpc) is 2.76. The molecule has 4 N–H and O–H groups in total. The molecule has 5 rings (SSSR count). The first-order chi connectivity index (χ1) is 15.6. The minimum atomic E-state index is -5.08. The van der Waals surface area contributed by atoms with E-state index in [-0.39, 0.29) is 5.41 Å². The summed E-state index contributed by atoms with van der Waals surface area (Å²) in [5.41, 5.74) is 4.94. The number of carboxylic acid groups (broad SMARTS) is 1. The van der Waals surface area contributed by atoms with E-state index < -0.39 is 12.1 Å². The Kier molecular flexibility index (Phi) is 6.64. The molecule has 2 aromatic carbocycles. The van der Waals surface area contributed by atoms with Gasteiger partial charge in [0.15, 0.2) is 0 Å². The van der Waals surface area contributed by atoms with E-state index in [9.17, 15) is 18.3 Å². The van der Waals surface area contributed by atoms with Crippen LogP contribution in [0, 0.1) is 5.92 Å². The van der Waals surface area contributed by atoms with Crippen LogP contribution in [0.3, 0.4) is 0 Å². The maximum atomic E-state index is 10.8. The summed E-state index contributed by atoms with van der Waals surface area (Å²) in [5.74, 6) is -1.64. The van der Waals surface area contributed by atoms with Gasteiger partial charge < -0.3 is 20.8 Å². The summed E-state index contributed by atoms with van der Waals surface area (Å²) in [6.45, 7) is 1.11. The molecule has 5 nitrogen and oxygen atoms in total. The first-order valence-corrected chi connectivity index (χ1v) is 11.8. The highest BCUT2D eigenvalue weighted by Crippen LogP contribution is 2.55. The summed E-state index contributed by atoms with van der Waals surface area (Å²) in [5, 5.41) is 25.1. The molecule has 3 atom stereocenters. The number of nitrogens with one attached hydrogen (secondary N) is 2. The van der Waals surface area contributed by atoms with Crippen molar-refractivity contribution in [3.63, 3.8) is 0 Å². The Hall–Kier alpha value is -2.26. The molecular weight excluding hydrogens is 501 g/mol. The van der Waals surface area contributed by atoms with Crippen molar-refractivity contribution in [2.75, 3.05) is 11.9 Å². The highest BCUT2D eigenvalue weighted by Gasteiger charge is 2.51. The fourth-order valence-electron chi connectivity index (χ4n) is 5.76. The molecule has 9 heteroatoms. The Labute approximate surface area is 198 Å². The van der Waals surface area contributed by atoms with Gasteiger partial charge in [-0.2, -0.15) is 13.2 Å². The van der Waals surface area contributed by atoms with E-state index in [1.54, 1.807) is 0 Å². The van der Waals surface area contributed by atoms with Crippen molar-refractivity contribution >= 4 is 33.3 Å². The predicted molar refractivity (Wildman–Crippen MR) is 123 cm³/mol. The average molecular weight is 527 g/mol. The van der Waals surface area contributed by atoms with Crippen molar-refractivity contribution in [3.8, 4) is 5.75 Å². The number of aliphatic carboxylic acids is 1. The molecule has 1 heterocycles. The molecule has 0 radical (unpaired) electrons. The second-order valence-electron chi connectivity index (χ2n) is 8.98. The Bertz CT molecular complexity index is 1020. The molecule has 0 unspecified atom stereocenters. The molecule has 33 heavy (non-hydrogen) atoms. The third-order valence-electron chi connectivity index (χ3n) is 7.12. The fraction of sp³-hybridized carbons (Fsp3) is 0.458. The number of rotatable bonds is 2. The van der Waals surface area contributed by atoms with Crippen LogP contribution in [0.4, 0.5) is 24.5 Å². The van der Waals surface area contributed by atoms with E-state index in [0.29, 0.717) is 11.8 Å². The van der Waals surface area contributed by atoms with Crippen LogP contribution in [0.1, 0.15) is 43.2 Å². The van der Waals surface area contributed by atoms with Gasteiger partial charge in [0, 0.05) is 21.6 Å². The van der Waals surface area contributed by atoms with Crippen molar-refractivity contribution in [2.45, 2.75) is 56.2 Å². The molecule has 0 spiro atoms. The largest absolute Gasteiger partial charge is 0.506 e. The molecule has 2 aromatic rings. The summed E-state index contributed by atoms with van der Waals surface area (Å²) < 4.78 is 32.8. The zero-order valence-corrected chi connectivity index (χ0v) is 19.5. The zero-order valence-electron chi connectivity index (χ0n) is 17.9. The SMILES string of the molecule is O=C(O)C(F)(F)F.Oc1cc2c(cc1Nc1ccc(Br)cc1)C[C@@H]1NCC[C@]23CCCC[C@H]13. The number of piperidine rings is 1. The topological polar surface area (TPSA) is 81.6 Å². The molecule has 1 aliphatic heterocycles. The van der Waals surface area contributed by atoms with Gasteiger partial charge in [-0.3, -0.25) is 0 Å². The quantitative estimate of drug-likeness (QED) is 0.367. The third-order valence-corrected chi connectivity index (χ3v) is 7.65. The molecule has 3 aliphatic rings. The van der Waals surface area contributed by atoms with E-state index in [4.69, 9.17) is 9.90 Å². The summed E-state index contributed by atoms with van der Waals surface area (Å²) in [6, 6.07) is 12.9. The summed E-state index contributed by atoms with van der Waals surface area (Å²) in [7, 11) is 0. The number of carboxylic acids is 1. The van der Waals surface area contributed by atoms with Gasteiger partial charge in [0.2, 0.25) is 0 Å². The maximum absolute atomic E-state index is 10.8. The highest BCUT2D eigenvalue weighted by atomic mass is 79.9.